The third-order valence-corrected chi connectivity index (χ3v) is 3.92. The summed E-state index contributed by atoms with van der Waals surface area (Å²) in [4.78, 5) is 10.4. The highest BCUT2D eigenvalue weighted by Crippen LogP contribution is 2.11. The number of aliphatic carboxylic acids is 1. The average Bonchev–Trinajstić information content (AvgIpc) is 2.65. The fourth-order valence-corrected chi connectivity index (χ4v) is 2.27. The first-order valence-electron chi connectivity index (χ1n) is 9.96. The Bertz CT molecular complexity index is 536. The molecule has 3 heteroatoms. The van der Waals surface area contributed by atoms with Crippen LogP contribution in [0.4, 0.5) is 0 Å². The number of carboxylic acids is 1. The van der Waals surface area contributed by atoms with Crippen molar-refractivity contribution in [3.63, 3.8) is 0 Å². The van der Waals surface area contributed by atoms with Gasteiger partial charge in [0.05, 0.1) is 6.10 Å². The minimum atomic E-state index is -0.774. The second-order valence-electron chi connectivity index (χ2n) is 6.35. The van der Waals surface area contributed by atoms with Gasteiger partial charge in [0.25, 0.3) is 0 Å². The lowest BCUT2D eigenvalue weighted by Crippen LogP contribution is -1.98. The maximum atomic E-state index is 10.4. The first kappa shape index (κ1) is 24.9. The molecule has 0 radical (unpaired) electrons. The van der Waals surface area contributed by atoms with Gasteiger partial charge in [-0.2, -0.15) is 0 Å². The molecule has 0 aliphatic rings. The molecule has 150 valence electrons. The summed E-state index contributed by atoms with van der Waals surface area (Å²) in [6.45, 7) is 4.35. The second-order valence-corrected chi connectivity index (χ2v) is 6.35. The van der Waals surface area contributed by atoms with E-state index in [1.165, 1.54) is 0 Å². The average molecular weight is 373 g/mol. The highest BCUT2D eigenvalue weighted by Gasteiger charge is 1.97. The van der Waals surface area contributed by atoms with Gasteiger partial charge in [-0.25, -0.2) is 0 Å². The Labute approximate surface area is 165 Å². The Morgan fingerprint density at radius 1 is 0.852 bits per heavy atom. The zero-order valence-corrected chi connectivity index (χ0v) is 16.8. The summed E-state index contributed by atoms with van der Waals surface area (Å²) in [5, 5.41) is 18.4. The van der Waals surface area contributed by atoms with Gasteiger partial charge in [-0.1, -0.05) is 86.8 Å². The van der Waals surface area contributed by atoms with Crippen LogP contribution in [-0.2, 0) is 4.79 Å². The number of allylic oxidation sites excluding steroid dienone is 10. The van der Waals surface area contributed by atoms with Crippen LogP contribution in [0.1, 0.15) is 58.8 Å². The van der Waals surface area contributed by atoms with Crippen molar-refractivity contribution in [2.45, 2.75) is 64.9 Å². The van der Waals surface area contributed by atoms with E-state index in [0.717, 1.165) is 25.7 Å². The van der Waals surface area contributed by atoms with E-state index >= 15 is 0 Å². The number of carboxylic acid groups (broad SMARTS) is 1. The highest BCUT2D eigenvalue weighted by atomic mass is 16.4. The summed E-state index contributed by atoms with van der Waals surface area (Å²) >= 11 is 0. The maximum absolute atomic E-state index is 10.4. The predicted octanol–water partition coefficient (Wildman–Crippen LogP) is 6.16. The van der Waals surface area contributed by atoms with Crippen LogP contribution in [0.25, 0.3) is 0 Å². The molecule has 0 heterocycles. The zero-order chi connectivity index (χ0) is 20.2. The van der Waals surface area contributed by atoms with Crippen LogP contribution < -0.4 is 0 Å². The van der Waals surface area contributed by atoms with Gasteiger partial charge in [-0.3, -0.25) is 4.79 Å². The van der Waals surface area contributed by atoms with E-state index in [-0.39, 0.29) is 6.42 Å². The van der Waals surface area contributed by atoms with Crippen molar-refractivity contribution >= 4 is 5.97 Å². The van der Waals surface area contributed by atoms with E-state index in [0.29, 0.717) is 18.8 Å². The third-order valence-electron chi connectivity index (χ3n) is 3.92. The van der Waals surface area contributed by atoms with Crippen molar-refractivity contribution in [2.24, 2.45) is 5.92 Å². The molecule has 0 rings (SSSR count). The predicted molar refractivity (Wildman–Crippen MR) is 116 cm³/mol. The van der Waals surface area contributed by atoms with Crippen LogP contribution in [0.15, 0.2) is 72.9 Å². The summed E-state index contributed by atoms with van der Waals surface area (Å²) in [5.41, 5.74) is 0. The van der Waals surface area contributed by atoms with Crippen LogP contribution in [0, 0.1) is 5.92 Å². The largest absolute Gasteiger partial charge is 0.481 e. The summed E-state index contributed by atoms with van der Waals surface area (Å²) in [7, 11) is 0. The molecule has 0 aromatic rings. The molecule has 0 aromatic heterocycles. The van der Waals surface area contributed by atoms with Gasteiger partial charge in [0.1, 0.15) is 0 Å². The van der Waals surface area contributed by atoms with Gasteiger partial charge < -0.3 is 10.2 Å². The van der Waals surface area contributed by atoms with E-state index in [4.69, 9.17) is 5.11 Å². The third kappa shape index (κ3) is 18.5. The fourth-order valence-electron chi connectivity index (χ4n) is 2.27. The number of rotatable bonds is 15. The molecule has 2 N–H and O–H groups in total. The lowest BCUT2D eigenvalue weighted by atomic mass is 10.0. The van der Waals surface area contributed by atoms with Crippen molar-refractivity contribution in [1.29, 1.82) is 0 Å². The van der Waals surface area contributed by atoms with E-state index in [1.54, 1.807) is 6.08 Å². The normalized spacial score (nSPS) is 15.4. The van der Waals surface area contributed by atoms with Crippen molar-refractivity contribution in [2.75, 3.05) is 0 Å². The lowest BCUT2D eigenvalue weighted by molar-refractivity contribution is -0.136. The van der Waals surface area contributed by atoms with Gasteiger partial charge in [-0.05, 0) is 44.4 Å². The standard InChI is InChI=1S/C24H36O3/c1-3-5-12-17-22(4-2)18-13-10-11-15-20-23(25)19-14-8-6-7-9-16-21-24(26)27/h5,7-15,18,20,22-23,25H,3-4,6,16-17,19,21H2,1-2H3,(H,26,27). The Morgan fingerprint density at radius 3 is 2.19 bits per heavy atom. The van der Waals surface area contributed by atoms with Crippen LogP contribution in [0.3, 0.4) is 0 Å². The Hall–Kier alpha value is -2.13. The molecule has 0 spiro atoms. The topological polar surface area (TPSA) is 57.5 Å². The number of aliphatic hydroxyl groups excluding tert-OH is 1. The van der Waals surface area contributed by atoms with E-state index in [9.17, 15) is 9.90 Å². The highest BCUT2D eigenvalue weighted by molar-refractivity contribution is 5.66. The SMILES string of the molecule is CCC=CCC(C=CC=CC=CC(O)CC=CCC=CCCC(=O)O)CC. The first-order valence-corrected chi connectivity index (χ1v) is 9.96. The molecular weight excluding hydrogens is 336 g/mol. The smallest absolute Gasteiger partial charge is 0.303 e. The second kappa shape index (κ2) is 18.7. The van der Waals surface area contributed by atoms with Gasteiger partial charge in [0, 0.05) is 6.42 Å². The summed E-state index contributed by atoms with van der Waals surface area (Å²) in [6.07, 6.45) is 28.9. The van der Waals surface area contributed by atoms with Crippen LogP contribution >= 0.6 is 0 Å². The van der Waals surface area contributed by atoms with Crippen LogP contribution in [-0.4, -0.2) is 22.3 Å². The van der Waals surface area contributed by atoms with E-state index in [2.05, 4.69) is 38.2 Å². The van der Waals surface area contributed by atoms with E-state index in [1.807, 2.05) is 42.5 Å². The fraction of sp³-hybridized carbons (Fsp3) is 0.458. The molecule has 2 unspecified atom stereocenters. The number of carbonyl (C=O) groups is 1. The Morgan fingerprint density at radius 2 is 1.52 bits per heavy atom. The first-order chi connectivity index (χ1) is 13.1. The molecule has 0 amide bonds. The Balaban J connectivity index is 3.98. The molecule has 3 nitrogen and oxygen atoms in total. The minimum Gasteiger partial charge on any atom is -0.481 e. The van der Waals surface area contributed by atoms with Crippen molar-refractivity contribution in [3.05, 3.63) is 72.9 Å². The monoisotopic (exact) mass is 372 g/mol. The molecule has 2 atom stereocenters. The number of hydrogen-bond acceptors (Lipinski definition) is 2. The van der Waals surface area contributed by atoms with Gasteiger partial charge >= 0.3 is 5.97 Å². The molecule has 0 saturated heterocycles. The van der Waals surface area contributed by atoms with Crippen molar-refractivity contribution in [1.82, 2.24) is 0 Å². The molecule has 0 saturated carbocycles. The molecule has 0 fully saturated rings. The summed E-state index contributed by atoms with van der Waals surface area (Å²) in [5.74, 6) is -0.195. The maximum Gasteiger partial charge on any atom is 0.303 e. The Kier molecular flexibility index (Phi) is 17.2. The van der Waals surface area contributed by atoms with Crippen LogP contribution in [0.2, 0.25) is 0 Å². The van der Waals surface area contributed by atoms with Gasteiger partial charge in [0.2, 0.25) is 0 Å². The molecule has 27 heavy (non-hydrogen) atoms. The zero-order valence-electron chi connectivity index (χ0n) is 16.8. The lowest BCUT2D eigenvalue weighted by Gasteiger charge is -2.04. The van der Waals surface area contributed by atoms with Crippen molar-refractivity contribution in [3.8, 4) is 0 Å². The molecule has 0 aliphatic carbocycles. The molecule has 0 bridgehead atoms. The molecular formula is C24H36O3. The number of hydrogen-bond donors (Lipinski definition) is 2. The minimum absolute atomic E-state index is 0.168. The van der Waals surface area contributed by atoms with Gasteiger partial charge in [-0.15, -0.1) is 0 Å². The number of aliphatic hydroxyl groups is 1. The van der Waals surface area contributed by atoms with E-state index < -0.39 is 12.1 Å². The van der Waals surface area contributed by atoms with Crippen LogP contribution in [0.5, 0.6) is 0 Å². The quantitative estimate of drug-likeness (QED) is 0.267. The summed E-state index contributed by atoms with van der Waals surface area (Å²) in [6, 6.07) is 0. The molecule has 0 aliphatic heterocycles. The van der Waals surface area contributed by atoms with Gasteiger partial charge in [0.15, 0.2) is 0 Å². The molecule has 0 aromatic carbocycles. The van der Waals surface area contributed by atoms with Crippen molar-refractivity contribution < 1.29 is 15.0 Å². The summed E-state index contributed by atoms with van der Waals surface area (Å²) < 4.78 is 0.